The first-order chi connectivity index (χ1) is 15.6. The van der Waals surface area contributed by atoms with Gasteiger partial charge >= 0.3 is 12.2 Å². The van der Waals surface area contributed by atoms with Gasteiger partial charge in [-0.1, -0.05) is 6.92 Å². The van der Waals surface area contributed by atoms with Gasteiger partial charge in [0.1, 0.15) is 18.1 Å². The van der Waals surface area contributed by atoms with E-state index in [1.54, 1.807) is 0 Å². The number of urea groups is 1. The van der Waals surface area contributed by atoms with Crippen LogP contribution >= 0.6 is 0 Å². The van der Waals surface area contributed by atoms with Crippen LogP contribution in [-0.2, 0) is 15.7 Å². The number of nitrogens with zero attached hydrogens (tertiary/aromatic N) is 3. The minimum atomic E-state index is -4.48. The van der Waals surface area contributed by atoms with Gasteiger partial charge in [-0.3, -0.25) is 4.79 Å². The van der Waals surface area contributed by atoms with Crippen LogP contribution in [0.2, 0.25) is 0 Å². The molecule has 0 N–H and O–H groups in total. The van der Waals surface area contributed by atoms with E-state index in [-0.39, 0.29) is 47.8 Å². The van der Waals surface area contributed by atoms with Crippen molar-refractivity contribution < 1.29 is 32.2 Å². The molecule has 182 valence electrons. The minimum Gasteiger partial charge on any atom is -0.492 e. The Bertz CT molecular complexity index is 894. The zero-order valence-electron chi connectivity index (χ0n) is 18.9. The van der Waals surface area contributed by atoms with E-state index in [0.717, 1.165) is 19.0 Å². The molecule has 33 heavy (non-hydrogen) atoms. The summed E-state index contributed by atoms with van der Waals surface area (Å²) in [4.78, 5) is 32.0. The van der Waals surface area contributed by atoms with Gasteiger partial charge in [-0.15, -0.1) is 0 Å². The molecule has 7 nitrogen and oxygen atoms in total. The van der Waals surface area contributed by atoms with Gasteiger partial charge in [-0.25, -0.2) is 9.78 Å². The first-order valence-electron chi connectivity index (χ1n) is 11.5. The van der Waals surface area contributed by atoms with Gasteiger partial charge in [0, 0.05) is 38.5 Å². The predicted octanol–water partition coefficient (Wildman–Crippen LogP) is 3.55. The van der Waals surface area contributed by atoms with Crippen LogP contribution in [0.3, 0.4) is 0 Å². The normalized spacial score (nSPS) is 28.5. The number of alkyl halides is 3. The number of hydrogen-bond donors (Lipinski definition) is 0. The minimum absolute atomic E-state index is 0.000236. The second-order valence-corrected chi connectivity index (χ2v) is 9.49. The third kappa shape index (κ3) is 5.42. The lowest BCUT2D eigenvalue weighted by atomic mass is 9.87. The number of halogens is 3. The van der Waals surface area contributed by atoms with Crippen molar-refractivity contribution in [1.82, 2.24) is 14.8 Å². The Labute approximate surface area is 191 Å². The van der Waals surface area contributed by atoms with E-state index in [0.29, 0.717) is 45.0 Å². The Hall–Kier alpha value is -2.36. The number of rotatable bonds is 3. The molecule has 2 amide bonds. The first-order valence-corrected chi connectivity index (χ1v) is 11.5. The number of aryl methyl sites for hydroxylation is 1. The number of Topliss-reactive ketones (excluding diaryl/α,β-unsaturated/α-hetero) is 1. The zero-order valence-corrected chi connectivity index (χ0v) is 18.9. The summed E-state index contributed by atoms with van der Waals surface area (Å²) in [7, 11) is 0. The topological polar surface area (TPSA) is 72.0 Å². The maximum absolute atomic E-state index is 13.1. The molecule has 0 aliphatic carbocycles. The fourth-order valence-electron chi connectivity index (χ4n) is 5.09. The molecule has 4 heterocycles. The summed E-state index contributed by atoms with van der Waals surface area (Å²) >= 11 is 0. The van der Waals surface area contributed by atoms with Crippen LogP contribution in [0.5, 0.6) is 5.75 Å². The third-order valence-electron chi connectivity index (χ3n) is 7.02. The molecule has 3 aliphatic rings. The van der Waals surface area contributed by atoms with Gasteiger partial charge in [-0.05, 0) is 43.2 Å². The number of amides is 2. The van der Waals surface area contributed by atoms with E-state index in [1.165, 1.54) is 13.0 Å². The maximum atomic E-state index is 13.1. The molecule has 0 unspecified atom stereocenters. The number of carbonyl (C=O) groups is 2. The van der Waals surface area contributed by atoms with E-state index < -0.39 is 11.9 Å². The van der Waals surface area contributed by atoms with E-state index in [1.807, 2.05) is 9.80 Å². The highest BCUT2D eigenvalue weighted by atomic mass is 19.4. The summed E-state index contributed by atoms with van der Waals surface area (Å²) in [6, 6.07) is 1.36. The quantitative estimate of drug-likeness (QED) is 0.677. The molecule has 3 aliphatic heterocycles. The molecular weight excluding hydrogens is 439 g/mol. The summed E-state index contributed by atoms with van der Waals surface area (Å²) in [5.74, 6) is 0.861. The van der Waals surface area contributed by atoms with Crippen molar-refractivity contribution in [3.8, 4) is 5.75 Å². The van der Waals surface area contributed by atoms with Crippen LogP contribution < -0.4 is 4.74 Å². The molecule has 1 aromatic heterocycles. The highest BCUT2D eigenvalue weighted by Crippen LogP contribution is 2.32. The van der Waals surface area contributed by atoms with Crippen LogP contribution in [0.4, 0.5) is 18.0 Å². The van der Waals surface area contributed by atoms with Gasteiger partial charge < -0.3 is 19.3 Å². The Morgan fingerprint density at radius 1 is 1.24 bits per heavy atom. The van der Waals surface area contributed by atoms with Crippen molar-refractivity contribution in [2.45, 2.75) is 45.4 Å². The van der Waals surface area contributed by atoms with Gasteiger partial charge in [0.15, 0.2) is 5.78 Å². The van der Waals surface area contributed by atoms with Crippen molar-refractivity contribution in [3.05, 3.63) is 23.5 Å². The number of aromatic nitrogens is 1. The molecular formula is C23H30F3N3O4. The predicted molar refractivity (Wildman–Crippen MR) is 113 cm³/mol. The molecule has 0 saturated carbocycles. The molecule has 3 saturated heterocycles. The lowest BCUT2D eigenvalue weighted by molar-refractivity contribution is -0.141. The molecule has 0 bridgehead atoms. The van der Waals surface area contributed by atoms with Crippen LogP contribution in [0.15, 0.2) is 12.3 Å². The lowest BCUT2D eigenvalue weighted by Crippen LogP contribution is -2.55. The molecule has 4 rings (SSSR count). The smallest absolute Gasteiger partial charge is 0.433 e. The number of hydrogen-bond acceptors (Lipinski definition) is 5. The van der Waals surface area contributed by atoms with Crippen molar-refractivity contribution >= 4 is 11.8 Å². The largest absolute Gasteiger partial charge is 0.492 e. The number of fused-ring (bicyclic) bond motifs is 1. The fourth-order valence-corrected chi connectivity index (χ4v) is 5.09. The number of ether oxygens (including phenoxy) is 2. The molecule has 0 aromatic carbocycles. The van der Waals surface area contributed by atoms with Crippen molar-refractivity contribution in [3.63, 3.8) is 0 Å². The number of likely N-dealkylation sites (tertiary alicyclic amines) is 2. The van der Waals surface area contributed by atoms with Gasteiger partial charge in [-0.2, -0.15) is 13.2 Å². The summed E-state index contributed by atoms with van der Waals surface area (Å²) < 4.78 is 50.0. The second kappa shape index (κ2) is 9.48. The SMILES string of the molecule is Cc1cc(OC[C@H]2CCN(C(=O)N3CC[C@@H]4OCC(=O)C[C@@H]4C3)C[C@H]2C)cnc1C(F)(F)F. The second-order valence-electron chi connectivity index (χ2n) is 9.49. The number of carbonyl (C=O) groups excluding carboxylic acids is 2. The Morgan fingerprint density at radius 2 is 1.97 bits per heavy atom. The zero-order chi connectivity index (χ0) is 23.8. The summed E-state index contributed by atoms with van der Waals surface area (Å²) in [6.45, 7) is 6.35. The van der Waals surface area contributed by atoms with Crippen LogP contribution in [0, 0.1) is 24.7 Å². The molecule has 1 aromatic rings. The van der Waals surface area contributed by atoms with Gasteiger partial charge in [0.25, 0.3) is 0 Å². The maximum Gasteiger partial charge on any atom is 0.433 e. The molecule has 4 atom stereocenters. The highest BCUT2D eigenvalue weighted by Gasteiger charge is 2.39. The Balaban J connectivity index is 1.28. The van der Waals surface area contributed by atoms with E-state index in [2.05, 4.69) is 11.9 Å². The summed E-state index contributed by atoms with van der Waals surface area (Å²) in [5.41, 5.74) is -0.870. The van der Waals surface area contributed by atoms with Crippen LogP contribution in [0.1, 0.15) is 37.4 Å². The van der Waals surface area contributed by atoms with Crippen molar-refractivity contribution in [2.75, 3.05) is 39.4 Å². The summed E-state index contributed by atoms with van der Waals surface area (Å²) in [6.07, 6.45) is -1.32. The third-order valence-corrected chi connectivity index (χ3v) is 7.02. The fraction of sp³-hybridized carbons (Fsp3) is 0.696. The number of ketones is 1. The van der Waals surface area contributed by atoms with Crippen LogP contribution in [-0.4, -0.2) is 72.1 Å². The van der Waals surface area contributed by atoms with Crippen LogP contribution in [0.25, 0.3) is 0 Å². The van der Waals surface area contributed by atoms with Gasteiger partial charge in [0.2, 0.25) is 0 Å². The highest BCUT2D eigenvalue weighted by molar-refractivity contribution is 5.81. The van der Waals surface area contributed by atoms with E-state index in [4.69, 9.17) is 9.47 Å². The van der Waals surface area contributed by atoms with E-state index >= 15 is 0 Å². The molecule has 3 fully saturated rings. The summed E-state index contributed by atoms with van der Waals surface area (Å²) in [5, 5.41) is 0. The number of piperidine rings is 2. The van der Waals surface area contributed by atoms with Gasteiger partial charge in [0.05, 0.1) is 18.9 Å². The molecule has 0 radical (unpaired) electrons. The standard InChI is InChI=1S/C23H30F3N3O4/c1-14-7-19(9-27-21(14)23(24,25)26)32-12-16-3-5-28(10-15(16)2)22(31)29-6-4-20-17(11-29)8-18(30)13-33-20/h7,9,15-17,20H,3-6,8,10-13H2,1-2H3/t15-,16-,17-,20+/m1/s1. The Kier molecular flexibility index (Phi) is 6.83. The molecule has 10 heteroatoms. The van der Waals surface area contributed by atoms with Crippen molar-refractivity contribution in [1.29, 1.82) is 0 Å². The van der Waals surface area contributed by atoms with E-state index in [9.17, 15) is 22.8 Å². The molecule has 0 spiro atoms. The lowest BCUT2D eigenvalue weighted by Gasteiger charge is -2.44. The van der Waals surface area contributed by atoms with Crippen molar-refractivity contribution in [2.24, 2.45) is 17.8 Å². The Morgan fingerprint density at radius 3 is 2.67 bits per heavy atom. The first kappa shape index (κ1) is 23.8. The monoisotopic (exact) mass is 469 g/mol. The number of pyridine rings is 1. The average molecular weight is 470 g/mol. The average Bonchev–Trinajstić information content (AvgIpc) is 2.76.